The molecule has 0 aliphatic carbocycles. The van der Waals surface area contributed by atoms with Gasteiger partial charge in [0, 0.05) is 6.54 Å². The lowest BCUT2D eigenvalue weighted by atomic mass is 10.1. The maximum Gasteiger partial charge on any atom is 0.157 e. The van der Waals surface area contributed by atoms with Crippen LogP contribution in [-0.2, 0) is 6.42 Å². The highest BCUT2D eigenvalue weighted by Crippen LogP contribution is 2.25. The van der Waals surface area contributed by atoms with Crippen molar-refractivity contribution in [2.24, 2.45) is 4.99 Å². The van der Waals surface area contributed by atoms with Gasteiger partial charge in [0.25, 0.3) is 0 Å². The van der Waals surface area contributed by atoms with E-state index in [9.17, 15) is 5.11 Å². The Morgan fingerprint density at radius 1 is 1.36 bits per heavy atom. The smallest absolute Gasteiger partial charge is 0.157 e. The summed E-state index contributed by atoms with van der Waals surface area (Å²) in [5, 5.41) is 21.4. The van der Waals surface area contributed by atoms with Gasteiger partial charge in [-0.15, -0.1) is 0 Å². The van der Waals surface area contributed by atoms with Gasteiger partial charge in [-0.2, -0.15) is 0 Å². The van der Waals surface area contributed by atoms with Gasteiger partial charge in [-0.3, -0.25) is 4.99 Å². The molecule has 0 radical (unpaired) electrons. The lowest BCUT2D eigenvalue weighted by molar-refractivity contribution is 0.403. The first-order chi connectivity index (χ1) is 6.75. The molecule has 1 aromatic rings. The molecule has 1 aliphatic rings. The molecule has 2 rings (SSSR count). The minimum atomic E-state index is -0.0817. The summed E-state index contributed by atoms with van der Waals surface area (Å²) >= 11 is 0. The number of aliphatic imine (C=N–C) groups is 1. The van der Waals surface area contributed by atoms with Crippen molar-refractivity contribution in [1.82, 2.24) is 5.32 Å². The summed E-state index contributed by atoms with van der Waals surface area (Å²) in [5.74, 6) is -0.153. The van der Waals surface area contributed by atoms with Crippen LogP contribution in [0.3, 0.4) is 0 Å². The molecule has 74 valence electrons. The van der Waals surface area contributed by atoms with Crippen LogP contribution in [0.5, 0.6) is 11.5 Å². The first-order valence-corrected chi connectivity index (χ1v) is 4.51. The standard InChI is InChI=1S/C10H12N2O2/c13-9-2-1-7(4-10(9)14)3-8-5-11-6-12-8/h1-2,4,6,8,13-14H,3,5H2,(H,11,12)/t8-/m0/s1. The Morgan fingerprint density at radius 2 is 2.21 bits per heavy atom. The Bertz CT molecular complexity index is 363. The molecule has 0 saturated carbocycles. The highest BCUT2D eigenvalue weighted by molar-refractivity contribution is 5.57. The van der Waals surface area contributed by atoms with Crippen molar-refractivity contribution in [3.05, 3.63) is 23.8 Å². The normalized spacial score (nSPS) is 19.6. The van der Waals surface area contributed by atoms with Crippen molar-refractivity contribution in [3.63, 3.8) is 0 Å². The average Bonchev–Trinajstić information content (AvgIpc) is 2.64. The van der Waals surface area contributed by atoms with E-state index in [0.717, 1.165) is 18.5 Å². The molecule has 1 heterocycles. The number of hydrogen-bond acceptors (Lipinski definition) is 4. The maximum absolute atomic E-state index is 9.27. The SMILES string of the molecule is Oc1ccc(C[C@H]2CNC=N2)cc1O. The van der Waals surface area contributed by atoms with Crippen molar-refractivity contribution >= 4 is 6.34 Å². The highest BCUT2D eigenvalue weighted by atomic mass is 16.3. The molecule has 4 heteroatoms. The molecule has 0 amide bonds. The number of nitrogens with one attached hydrogen (secondary N) is 1. The molecule has 0 bridgehead atoms. The topological polar surface area (TPSA) is 64.8 Å². The number of hydrogen-bond donors (Lipinski definition) is 3. The summed E-state index contributed by atoms with van der Waals surface area (Å²) in [6.45, 7) is 0.835. The summed E-state index contributed by atoms with van der Waals surface area (Å²) in [5.41, 5.74) is 0.978. The first-order valence-electron chi connectivity index (χ1n) is 4.51. The molecule has 0 saturated heterocycles. The summed E-state index contributed by atoms with van der Waals surface area (Å²) in [6, 6.07) is 5.10. The van der Waals surface area contributed by atoms with Gasteiger partial charge in [0.1, 0.15) is 0 Å². The molecular weight excluding hydrogens is 180 g/mol. The summed E-state index contributed by atoms with van der Waals surface area (Å²) < 4.78 is 0. The van der Waals surface area contributed by atoms with E-state index in [4.69, 9.17) is 5.11 Å². The molecule has 1 aliphatic heterocycles. The van der Waals surface area contributed by atoms with Crippen molar-refractivity contribution in [3.8, 4) is 11.5 Å². The van der Waals surface area contributed by atoms with Crippen LogP contribution in [0.25, 0.3) is 0 Å². The number of nitrogens with zero attached hydrogens (tertiary/aromatic N) is 1. The van der Waals surface area contributed by atoms with E-state index in [1.807, 2.05) is 0 Å². The third-order valence-corrected chi connectivity index (χ3v) is 2.24. The molecular formula is C10H12N2O2. The Hall–Kier alpha value is -1.71. The molecule has 0 aromatic heterocycles. The first kappa shape index (κ1) is 8.87. The van der Waals surface area contributed by atoms with E-state index in [1.54, 1.807) is 18.5 Å². The van der Waals surface area contributed by atoms with Gasteiger partial charge in [-0.1, -0.05) is 6.07 Å². The fraction of sp³-hybridized carbons (Fsp3) is 0.300. The van der Waals surface area contributed by atoms with Crippen LogP contribution in [0.1, 0.15) is 5.56 Å². The Morgan fingerprint density at radius 3 is 2.86 bits per heavy atom. The minimum Gasteiger partial charge on any atom is -0.504 e. The van der Waals surface area contributed by atoms with Gasteiger partial charge in [-0.05, 0) is 24.1 Å². The minimum absolute atomic E-state index is 0.0718. The van der Waals surface area contributed by atoms with Crippen LogP contribution >= 0.6 is 0 Å². The molecule has 1 atom stereocenters. The van der Waals surface area contributed by atoms with Crippen LogP contribution in [-0.4, -0.2) is 29.1 Å². The average molecular weight is 192 g/mol. The van der Waals surface area contributed by atoms with Crippen LogP contribution in [0, 0.1) is 0 Å². The van der Waals surface area contributed by atoms with Gasteiger partial charge in [-0.25, -0.2) is 0 Å². The Balaban J connectivity index is 2.09. The van der Waals surface area contributed by atoms with Crippen molar-refractivity contribution in [1.29, 1.82) is 0 Å². The summed E-state index contributed by atoms with van der Waals surface area (Å²) in [7, 11) is 0. The van der Waals surface area contributed by atoms with Gasteiger partial charge >= 0.3 is 0 Å². The second-order valence-corrected chi connectivity index (χ2v) is 3.37. The van der Waals surface area contributed by atoms with E-state index in [1.165, 1.54) is 6.07 Å². The Labute approximate surface area is 81.9 Å². The van der Waals surface area contributed by atoms with Gasteiger partial charge in [0.15, 0.2) is 11.5 Å². The lowest BCUT2D eigenvalue weighted by Gasteiger charge is -2.07. The number of aromatic hydroxyl groups is 2. The third-order valence-electron chi connectivity index (χ3n) is 2.24. The fourth-order valence-electron chi connectivity index (χ4n) is 1.49. The molecule has 0 unspecified atom stereocenters. The quantitative estimate of drug-likeness (QED) is 0.602. The van der Waals surface area contributed by atoms with E-state index in [2.05, 4.69) is 10.3 Å². The number of rotatable bonds is 2. The van der Waals surface area contributed by atoms with Gasteiger partial charge in [0.05, 0.1) is 12.4 Å². The van der Waals surface area contributed by atoms with Gasteiger partial charge in [0.2, 0.25) is 0 Å². The number of phenolic OH excluding ortho intramolecular Hbond substituents is 2. The van der Waals surface area contributed by atoms with E-state index in [-0.39, 0.29) is 17.5 Å². The Kier molecular flexibility index (Phi) is 2.26. The second kappa shape index (κ2) is 3.57. The van der Waals surface area contributed by atoms with Crippen LogP contribution < -0.4 is 5.32 Å². The number of benzene rings is 1. The summed E-state index contributed by atoms with van der Waals surface area (Å²) in [6.07, 6.45) is 2.47. The van der Waals surface area contributed by atoms with E-state index >= 15 is 0 Å². The molecule has 14 heavy (non-hydrogen) atoms. The largest absolute Gasteiger partial charge is 0.504 e. The van der Waals surface area contributed by atoms with Crippen LogP contribution in [0.2, 0.25) is 0 Å². The highest BCUT2D eigenvalue weighted by Gasteiger charge is 2.11. The molecule has 4 nitrogen and oxygen atoms in total. The fourth-order valence-corrected chi connectivity index (χ4v) is 1.49. The predicted molar refractivity (Wildman–Crippen MR) is 53.8 cm³/mol. The van der Waals surface area contributed by atoms with Crippen LogP contribution in [0.15, 0.2) is 23.2 Å². The second-order valence-electron chi connectivity index (χ2n) is 3.37. The third kappa shape index (κ3) is 1.79. The zero-order chi connectivity index (χ0) is 9.97. The predicted octanol–water partition coefficient (Wildman–Crippen LogP) is 0.640. The van der Waals surface area contributed by atoms with E-state index in [0.29, 0.717) is 0 Å². The molecule has 0 fully saturated rings. The summed E-state index contributed by atoms with van der Waals surface area (Å²) in [4.78, 5) is 4.20. The van der Waals surface area contributed by atoms with Crippen LogP contribution in [0.4, 0.5) is 0 Å². The molecule has 1 aromatic carbocycles. The van der Waals surface area contributed by atoms with Crippen molar-refractivity contribution in [2.75, 3.05) is 6.54 Å². The molecule has 0 spiro atoms. The number of phenols is 2. The zero-order valence-electron chi connectivity index (χ0n) is 7.64. The zero-order valence-corrected chi connectivity index (χ0v) is 7.64. The monoisotopic (exact) mass is 192 g/mol. The van der Waals surface area contributed by atoms with E-state index < -0.39 is 0 Å². The lowest BCUT2D eigenvalue weighted by Crippen LogP contribution is -2.17. The maximum atomic E-state index is 9.27. The van der Waals surface area contributed by atoms with Gasteiger partial charge < -0.3 is 15.5 Å². The van der Waals surface area contributed by atoms with Crippen molar-refractivity contribution < 1.29 is 10.2 Å². The van der Waals surface area contributed by atoms with Crippen molar-refractivity contribution in [2.45, 2.75) is 12.5 Å². The molecule has 3 N–H and O–H groups in total.